The van der Waals surface area contributed by atoms with Crippen LogP contribution in [0, 0.1) is 5.82 Å². The van der Waals surface area contributed by atoms with E-state index in [0.717, 1.165) is 18.7 Å². The highest BCUT2D eigenvalue weighted by Crippen LogP contribution is 2.28. The lowest BCUT2D eigenvalue weighted by Gasteiger charge is -2.43. The van der Waals surface area contributed by atoms with Crippen LogP contribution in [0.4, 0.5) is 10.1 Å². The molecule has 1 spiro atoms. The number of anilines is 1. The van der Waals surface area contributed by atoms with Crippen molar-refractivity contribution in [2.24, 2.45) is 0 Å². The molecule has 2 aromatic rings. The second kappa shape index (κ2) is 7.19. The van der Waals surface area contributed by atoms with Crippen molar-refractivity contribution in [1.82, 2.24) is 4.90 Å². The third-order valence-corrected chi connectivity index (χ3v) is 4.80. The Balaban J connectivity index is 1.53. The number of morpholine rings is 1. The molecule has 0 unspecified atom stereocenters. The summed E-state index contributed by atoms with van der Waals surface area (Å²) in [5, 5.41) is 0. The summed E-state index contributed by atoms with van der Waals surface area (Å²) in [6, 6.07) is 7.90. The Morgan fingerprint density at radius 3 is 2.77 bits per heavy atom. The van der Waals surface area contributed by atoms with Gasteiger partial charge in [-0.15, -0.1) is 0 Å². The Kier molecular flexibility index (Phi) is 4.76. The van der Waals surface area contributed by atoms with Crippen molar-refractivity contribution >= 4 is 11.6 Å². The Hall–Kier alpha value is -2.22. The molecule has 1 aromatic carbocycles. The standard InChI is InChI=1S/C19H21FN2O4/c20-16-1-3-17(4-2-16)22-13-19(26-11-18(22)23)12-21(6-8-25-14-19)9-15-5-7-24-10-15/h1-5,7,10H,6,8-9,11-14H2/t19-/m0/s1. The van der Waals surface area contributed by atoms with E-state index in [2.05, 4.69) is 4.90 Å². The minimum absolute atomic E-state index is 0.0136. The molecule has 0 bridgehead atoms. The second-order valence-corrected chi connectivity index (χ2v) is 6.82. The molecule has 26 heavy (non-hydrogen) atoms. The summed E-state index contributed by atoms with van der Waals surface area (Å²) in [6.45, 7) is 3.53. The number of ether oxygens (including phenoxy) is 2. The largest absolute Gasteiger partial charge is 0.472 e. The topological polar surface area (TPSA) is 55.2 Å². The van der Waals surface area contributed by atoms with Gasteiger partial charge < -0.3 is 18.8 Å². The van der Waals surface area contributed by atoms with Crippen molar-refractivity contribution in [3.05, 3.63) is 54.2 Å². The molecule has 138 valence electrons. The lowest BCUT2D eigenvalue weighted by atomic mass is 10.0. The van der Waals surface area contributed by atoms with Gasteiger partial charge in [-0.2, -0.15) is 0 Å². The van der Waals surface area contributed by atoms with Crippen LogP contribution >= 0.6 is 0 Å². The van der Waals surface area contributed by atoms with Crippen molar-refractivity contribution in [3.63, 3.8) is 0 Å². The average Bonchev–Trinajstić information content (AvgIpc) is 3.07. The molecule has 1 aromatic heterocycles. The molecule has 0 N–H and O–H groups in total. The fraction of sp³-hybridized carbons (Fsp3) is 0.421. The van der Waals surface area contributed by atoms with E-state index in [4.69, 9.17) is 13.9 Å². The van der Waals surface area contributed by atoms with Gasteiger partial charge in [0.2, 0.25) is 0 Å². The van der Waals surface area contributed by atoms with Crippen LogP contribution in [0.2, 0.25) is 0 Å². The molecule has 3 heterocycles. The maximum Gasteiger partial charge on any atom is 0.253 e. The minimum Gasteiger partial charge on any atom is -0.472 e. The lowest BCUT2D eigenvalue weighted by molar-refractivity contribution is -0.146. The number of hydrogen-bond donors (Lipinski definition) is 0. The summed E-state index contributed by atoms with van der Waals surface area (Å²) in [5.41, 5.74) is 1.15. The first-order chi connectivity index (χ1) is 12.6. The van der Waals surface area contributed by atoms with E-state index in [9.17, 15) is 9.18 Å². The Labute approximate surface area is 151 Å². The van der Waals surface area contributed by atoms with Gasteiger partial charge in [-0.25, -0.2) is 4.39 Å². The molecular formula is C19H21FN2O4. The number of rotatable bonds is 3. The highest BCUT2D eigenvalue weighted by molar-refractivity contribution is 5.95. The molecule has 1 amide bonds. The van der Waals surface area contributed by atoms with Gasteiger partial charge in [0.25, 0.3) is 5.91 Å². The van der Waals surface area contributed by atoms with Crippen LogP contribution in [0.3, 0.4) is 0 Å². The molecule has 6 nitrogen and oxygen atoms in total. The molecule has 2 aliphatic rings. The number of hydrogen-bond acceptors (Lipinski definition) is 5. The number of benzene rings is 1. The smallest absolute Gasteiger partial charge is 0.253 e. The zero-order valence-corrected chi connectivity index (χ0v) is 14.4. The van der Waals surface area contributed by atoms with Gasteiger partial charge in [0.05, 0.1) is 32.3 Å². The first-order valence-corrected chi connectivity index (χ1v) is 8.65. The van der Waals surface area contributed by atoms with E-state index in [1.165, 1.54) is 12.1 Å². The summed E-state index contributed by atoms with van der Waals surface area (Å²) in [4.78, 5) is 16.3. The molecule has 7 heteroatoms. The molecule has 2 fully saturated rings. The van der Waals surface area contributed by atoms with E-state index in [-0.39, 0.29) is 18.3 Å². The third-order valence-electron chi connectivity index (χ3n) is 4.80. The predicted molar refractivity (Wildman–Crippen MR) is 92.2 cm³/mol. The Morgan fingerprint density at radius 2 is 2.00 bits per heavy atom. The number of halogens is 1. The van der Waals surface area contributed by atoms with Crippen LogP contribution in [-0.4, -0.2) is 55.9 Å². The molecular weight excluding hydrogens is 339 g/mol. The van der Waals surface area contributed by atoms with Crippen LogP contribution in [0.25, 0.3) is 0 Å². The number of carbonyl (C=O) groups excluding carboxylic acids is 1. The molecule has 0 radical (unpaired) electrons. The summed E-state index contributed by atoms with van der Waals surface area (Å²) in [5.74, 6) is -0.457. The van der Waals surface area contributed by atoms with Crippen LogP contribution in [0.5, 0.6) is 0 Å². The van der Waals surface area contributed by atoms with Crippen molar-refractivity contribution in [1.29, 1.82) is 0 Å². The molecule has 2 aliphatic heterocycles. The number of carbonyl (C=O) groups is 1. The van der Waals surface area contributed by atoms with Gasteiger partial charge in [0.15, 0.2) is 0 Å². The number of furan rings is 1. The quantitative estimate of drug-likeness (QED) is 0.839. The SMILES string of the molecule is O=C1CO[C@]2(COCCN(Cc3ccoc3)C2)CN1c1ccc(F)cc1. The Morgan fingerprint density at radius 1 is 1.15 bits per heavy atom. The van der Waals surface area contributed by atoms with E-state index in [1.54, 1.807) is 29.6 Å². The third kappa shape index (κ3) is 3.65. The van der Waals surface area contributed by atoms with E-state index < -0.39 is 5.60 Å². The van der Waals surface area contributed by atoms with Gasteiger partial charge in [-0.05, 0) is 30.3 Å². The zero-order valence-electron chi connectivity index (χ0n) is 14.4. The number of nitrogens with zero attached hydrogens (tertiary/aromatic N) is 2. The van der Waals surface area contributed by atoms with Crippen LogP contribution < -0.4 is 4.90 Å². The van der Waals surface area contributed by atoms with Crippen molar-refractivity contribution in [3.8, 4) is 0 Å². The van der Waals surface area contributed by atoms with Gasteiger partial charge >= 0.3 is 0 Å². The summed E-state index contributed by atoms with van der Waals surface area (Å²) < 4.78 is 30.1. The fourth-order valence-electron chi connectivity index (χ4n) is 3.51. The van der Waals surface area contributed by atoms with Crippen molar-refractivity contribution < 1.29 is 23.1 Å². The van der Waals surface area contributed by atoms with Crippen LogP contribution in [0.15, 0.2) is 47.3 Å². The van der Waals surface area contributed by atoms with Crippen molar-refractivity contribution in [2.75, 3.05) is 44.4 Å². The second-order valence-electron chi connectivity index (χ2n) is 6.82. The maximum atomic E-state index is 13.2. The molecule has 1 atom stereocenters. The maximum absolute atomic E-state index is 13.2. The summed E-state index contributed by atoms with van der Waals surface area (Å²) in [6.07, 6.45) is 3.39. The highest BCUT2D eigenvalue weighted by atomic mass is 19.1. The summed E-state index contributed by atoms with van der Waals surface area (Å²) >= 11 is 0. The van der Waals surface area contributed by atoms with E-state index in [1.807, 2.05) is 6.07 Å². The highest BCUT2D eigenvalue weighted by Gasteiger charge is 2.43. The first kappa shape index (κ1) is 17.2. The molecule has 0 aliphatic carbocycles. The zero-order chi connectivity index (χ0) is 18.0. The average molecular weight is 360 g/mol. The molecule has 4 rings (SSSR count). The van der Waals surface area contributed by atoms with Crippen molar-refractivity contribution in [2.45, 2.75) is 12.1 Å². The van der Waals surface area contributed by atoms with Crippen LogP contribution in [0.1, 0.15) is 5.56 Å². The van der Waals surface area contributed by atoms with Crippen LogP contribution in [-0.2, 0) is 20.8 Å². The summed E-state index contributed by atoms with van der Waals surface area (Å²) in [7, 11) is 0. The number of amides is 1. The molecule has 2 saturated heterocycles. The monoisotopic (exact) mass is 360 g/mol. The molecule has 0 saturated carbocycles. The predicted octanol–water partition coefficient (Wildman–Crippen LogP) is 2.05. The van der Waals surface area contributed by atoms with E-state index in [0.29, 0.717) is 32.0 Å². The minimum atomic E-state index is -0.609. The van der Waals surface area contributed by atoms with Gasteiger partial charge in [-0.3, -0.25) is 9.69 Å². The normalized spacial score (nSPS) is 24.8. The van der Waals surface area contributed by atoms with Gasteiger partial charge in [0.1, 0.15) is 18.0 Å². The first-order valence-electron chi connectivity index (χ1n) is 8.65. The lowest BCUT2D eigenvalue weighted by Crippen LogP contribution is -2.60. The van der Waals surface area contributed by atoms with Gasteiger partial charge in [0, 0.05) is 30.9 Å². The Bertz CT molecular complexity index is 749. The van der Waals surface area contributed by atoms with Gasteiger partial charge in [-0.1, -0.05) is 0 Å². The van der Waals surface area contributed by atoms with E-state index >= 15 is 0 Å². The fourth-order valence-corrected chi connectivity index (χ4v) is 3.51.